The van der Waals surface area contributed by atoms with Crippen molar-refractivity contribution < 1.29 is 31.6 Å². The zero-order valence-electron chi connectivity index (χ0n) is 8.86. The lowest BCUT2D eigenvalue weighted by molar-refractivity contribution is 0.0291. The number of furan rings is 1. The summed E-state index contributed by atoms with van der Waals surface area (Å²) >= 11 is -2.75. The quantitative estimate of drug-likeness (QED) is 0.474. The molecule has 96 valence electrons. The van der Waals surface area contributed by atoms with Crippen LogP contribution >= 0.6 is 0 Å². The van der Waals surface area contributed by atoms with Gasteiger partial charge in [-0.3, -0.25) is 4.18 Å². The maximum atomic E-state index is 11.1. The largest absolute Gasteiger partial charge is 0.750 e. The fourth-order valence-electron chi connectivity index (χ4n) is 1.23. The molecule has 0 spiro atoms. The van der Waals surface area contributed by atoms with E-state index < -0.39 is 24.3 Å². The summed E-state index contributed by atoms with van der Waals surface area (Å²) < 4.78 is 38.1. The number of para-hydroxylation sites is 1. The predicted octanol–water partition coefficient (Wildman–Crippen LogP) is 1.72. The molecule has 1 atom stereocenters. The summed E-state index contributed by atoms with van der Waals surface area (Å²) in [5.41, 5.74) is 0.553. The Morgan fingerprint density at radius 3 is 2.89 bits per heavy atom. The first-order chi connectivity index (χ1) is 8.65. The van der Waals surface area contributed by atoms with Gasteiger partial charge in [0, 0.05) is 11.5 Å². The lowest BCUT2D eigenvalue weighted by atomic mass is 10.3. The summed E-state index contributed by atoms with van der Waals surface area (Å²) in [5, 5.41) is 0.761. The van der Waals surface area contributed by atoms with E-state index in [1.807, 2.05) is 0 Å². The average molecular weight is 271 g/mol. The molecule has 0 aliphatic heterocycles. The Labute approximate surface area is 104 Å². The molecule has 0 aliphatic carbocycles. The van der Waals surface area contributed by atoms with Gasteiger partial charge >= 0.3 is 6.16 Å². The number of carbonyl (C=O) groups excluding carboxylic acids is 1. The summed E-state index contributed by atoms with van der Waals surface area (Å²) in [6.45, 7) is -0.755. The Bertz CT molecular complexity index is 543. The summed E-state index contributed by atoms with van der Waals surface area (Å²) in [6, 6.07) is 8.56. The molecule has 7 nitrogen and oxygen atoms in total. The monoisotopic (exact) mass is 271 g/mol. The van der Waals surface area contributed by atoms with Crippen molar-refractivity contribution >= 4 is 28.5 Å². The van der Waals surface area contributed by atoms with Gasteiger partial charge in [0.05, 0.1) is 11.4 Å². The van der Waals surface area contributed by atoms with Crippen molar-refractivity contribution in [2.24, 2.45) is 0 Å². The first-order valence-electron chi connectivity index (χ1n) is 4.71. The van der Waals surface area contributed by atoms with E-state index in [-0.39, 0.29) is 5.95 Å². The predicted molar refractivity (Wildman–Crippen MR) is 58.2 cm³/mol. The average Bonchev–Trinajstić information content (AvgIpc) is 2.70. The standard InChI is InChI=1S/C10H8O7S/c11-10(14-6-15-18(12)13)17-9-5-7-3-1-2-4-8(7)16-9/h1-5H,6H2,(H,12,13)/p-1. The maximum Gasteiger partial charge on any atom is 0.518 e. The molecule has 0 bridgehead atoms. The van der Waals surface area contributed by atoms with Crippen LogP contribution in [0.5, 0.6) is 5.95 Å². The number of carbonyl (C=O) groups is 1. The summed E-state index contributed by atoms with van der Waals surface area (Å²) in [5.74, 6) is -0.0514. The van der Waals surface area contributed by atoms with Crippen LogP contribution in [0.15, 0.2) is 34.7 Å². The molecule has 0 radical (unpaired) electrons. The molecule has 1 heterocycles. The highest BCUT2D eigenvalue weighted by atomic mass is 32.2. The second-order valence-corrected chi connectivity index (χ2v) is 3.68. The minimum Gasteiger partial charge on any atom is -0.750 e. The maximum absolute atomic E-state index is 11.1. The van der Waals surface area contributed by atoms with Gasteiger partial charge in [-0.2, -0.15) is 0 Å². The van der Waals surface area contributed by atoms with Gasteiger partial charge in [-0.05, 0) is 6.07 Å². The van der Waals surface area contributed by atoms with E-state index in [4.69, 9.17) is 4.42 Å². The van der Waals surface area contributed by atoms with Crippen LogP contribution in [0.2, 0.25) is 0 Å². The zero-order chi connectivity index (χ0) is 13.0. The lowest BCUT2D eigenvalue weighted by Crippen LogP contribution is -2.13. The molecule has 0 saturated carbocycles. The minimum absolute atomic E-state index is 0.0514. The fourth-order valence-corrected chi connectivity index (χ4v) is 1.36. The molecule has 0 aliphatic rings. The molecule has 0 fully saturated rings. The number of rotatable bonds is 4. The van der Waals surface area contributed by atoms with Crippen LogP contribution in [0, 0.1) is 0 Å². The van der Waals surface area contributed by atoms with Crippen molar-refractivity contribution in [1.29, 1.82) is 0 Å². The van der Waals surface area contributed by atoms with Gasteiger partial charge < -0.3 is 18.4 Å². The third kappa shape index (κ3) is 3.29. The molecular weight excluding hydrogens is 264 g/mol. The van der Waals surface area contributed by atoms with Crippen LogP contribution < -0.4 is 4.74 Å². The molecule has 1 aromatic carbocycles. The number of hydrogen-bond acceptors (Lipinski definition) is 7. The normalized spacial score (nSPS) is 12.3. The Kier molecular flexibility index (Phi) is 3.92. The van der Waals surface area contributed by atoms with Crippen molar-refractivity contribution in [3.63, 3.8) is 0 Å². The van der Waals surface area contributed by atoms with E-state index >= 15 is 0 Å². The number of fused-ring (bicyclic) bond motifs is 1. The Hall–Kier alpha value is -1.90. The molecule has 18 heavy (non-hydrogen) atoms. The van der Waals surface area contributed by atoms with E-state index in [2.05, 4.69) is 13.7 Å². The first-order valence-corrected chi connectivity index (χ1v) is 5.71. The van der Waals surface area contributed by atoms with Gasteiger partial charge in [-0.1, -0.05) is 18.2 Å². The molecule has 0 saturated heterocycles. The number of ether oxygens (including phenoxy) is 2. The number of benzene rings is 1. The molecular formula is C10H7O7S-. The smallest absolute Gasteiger partial charge is 0.518 e. The highest BCUT2D eigenvalue weighted by Gasteiger charge is 2.10. The second-order valence-electron chi connectivity index (χ2n) is 3.04. The number of hydrogen-bond donors (Lipinski definition) is 0. The van der Waals surface area contributed by atoms with Crippen LogP contribution in [0.4, 0.5) is 4.79 Å². The van der Waals surface area contributed by atoms with E-state index in [0.717, 1.165) is 5.39 Å². The second kappa shape index (κ2) is 5.63. The minimum atomic E-state index is -2.75. The first kappa shape index (κ1) is 12.6. The van der Waals surface area contributed by atoms with Gasteiger partial charge in [0.25, 0.3) is 5.95 Å². The molecule has 2 rings (SSSR count). The third-order valence-electron chi connectivity index (χ3n) is 1.91. The topological polar surface area (TPSA) is 98.0 Å². The van der Waals surface area contributed by atoms with Crippen LogP contribution in [-0.2, 0) is 20.3 Å². The molecule has 0 N–H and O–H groups in total. The van der Waals surface area contributed by atoms with Gasteiger partial charge in [-0.25, -0.2) is 9.00 Å². The van der Waals surface area contributed by atoms with Gasteiger partial charge in [0.15, 0.2) is 0 Å². The Balaban J connectivity index is 1.92. The highest BCUT2D eigenvalue weighted by molar-refractivity contribution is 7.74. The molecule has 2 aromatic rings. The van der Waals surface area contributed by atoms with Crippen LogP contribution in [0.25, 0.3) is 11.0 Å². The SMILES string of the molecule is O=C(OCOS(=O)[O-])Oc1cc2ccccc2o1. The zero-order valence-corrected chi connectivity index (χ0v) is 9.68. The van der Waals surface area contributed by atoms with Crippen molar-refractivity contribution in [2.45, 2.75) is 0 Å². The van der Waals surface area contributed by atoms with Crippen molar-refractivity contribution in [3.8, 4) is 5.95 Å². The van der Waals surface area contributed by atoms with E-state index in [9.17, 15) is 13.6 Å². The lowest BCUT2D eigenvalue weighted by Gasteiger charge is -2.05. The molecule has 8 heteroatoms. The van der Waals surface area contributed by atoms with Crippen molar-refractivity contribution in [1.82, 2.24) is 0 Å². The fraction of sp³-hybridized carbons (Fsp3) is 0.100. The van der Waals surface area contributed by atoms with E-state index in [1.54, 1.807) is 24.3 Å². The Morgan fingerprint density at radius 2 is 2.17 bits per heavy atom. The van der Waals surface area contributed by atoms with Crippen LogP contribution in [0.1, 0.15) is 0 Å². The van der Waals surface area contributed by atoms with Gasteiger partial charge in [-0.15, -0.1) is 0 Å². The molecule has 0 amide bonds. The van der Waals surface area contributed by atoms with Crippen molar-refractivity contribution in [3.05, 3.63) is 30.3 Å². The van der Waals surface area contributed by atoms with Crippen LogP contribution in [-0.4, -0.2) is 21.7 Å². The molecule has 1 aromatic heterocycles. The highest BCUT2D eigenvalue weighted by Crippen LogP contribution is 2.24. The summed E-state index contributed by atoms with van der Waals surface area (Å²) in [4.78, 5) is 11.1. The van der Waals surface area contributed by atoms with Gasteiger partial charge in [0.1, 0.15) is 5.58 Å². The molecule has 1 unspecified atom stereocenters. The van der Waals surface area contributed by atoms with Crippen molar-refractivity contribution in [2.75, 3.05) is 6.79 Å². The Morgan fingerprint density at radius 1 is 1.39 bits per heavy atom. The van der Waals surface area contributed by atoms with E-state index in [1.165, 1.54) is 6.07 Å². The third-order valence-corrected chi connectivity index (χ3v) is 2.20. The van der Waals surface area contributed by atoms with Gasteiger partial charge in [0.2, 0.25) is 6.79 Å². The van der Waals surface area contributed by atoms with E-state index in [0.29, 0.717) is 5.58 Å². The summed E-state index contributed by atoms with van der Waals surface area (Å²) in [6.07, 6.45) is -1.13. The summed E-state index contributed by atoms with van der Waals surface area (Å²) in [7, 11) is 0. The van der Waals surface area contributed by atoms with Crippen LogP contribution in [0.3, 0.4) is 0 Å².